The predicted molar refractivity (Wildman–Crippen MR) is 66.0 cm³/mol. The number of carbonyl (C=O) groups is 1. The topological polar surface area (TPSA) is 64.3 Å². The summed E-state index contributed by atoms with van der Waals surface area (Å²) in [6, 6.07) is 4.30. The summed E-state index contributed by atoms with van der Waals surface area (Å²) in [6.07, 6.45) is 1.87. The highest BCUT2D eigenvalue weighted by Gasteiger charge is 2.31. The first-order valence-electron chi connectivity index (χ1n) is 6.01. The quantitative estimate of drug-likeness (QED) is 0.830. The molecule has 0 radical (unpaired) electrons. The number of hydrogen-bond acceptors (Lipinski definition) is 3. The Morgan fingerprint density at radius 1 is 1.56 bits per heavy atom. The Morgan fingerprint density at radius 3 is 2.89 bits per heavy atom. The van der Waals surface area contributed by atoms with Gasteiger partial charge in [0.15, 0.2) is 0 Å². The number of benzene rings is 1. The number of amides is 1. The molecule has 18 heavy (non-hydrogen) atoms. The van der Waals surface area contributed by atoms with Crippen molar-refractivity contribution >= 4 is 5.91 Å². The Bertz CT molecular complexity index is 445. The third-order valence-corrected chi connectivity index (χ3v) is 3.20. The van der Waals surface area contributed by atoms with Gasteiger partial charge in [0, 0.05) is 0 Å². The van der Waals surface area contributed by atoms with E-state index in [4.69, 9.17) is 10.5 Å². The number of carbonyl (C=O) groups excluding carboxylic acids is 1. The van der Waals surface area contributed by atoms with E-state index in [0.717, 1.165) is 19.4 Å². The first-order chi connectivity index (χ1) is 8.61. The van der Waals surface area contributed by atoms with E-state index < -0.39 is 11.7 Å². The van der Waals surface area contributed by atoms with Crippen molar-refractivity contribution in [3.05, 3.63) is 29.6 Å². The average molecular weight is 252 g/mol. The fourth-order valence-electron chi connectivity index (χ4n) is 2.25. The molecular formula is C13H17FN2O2. The lowest BCUT2D eigenvalue weighted by Gasteiger charge is -2.35. The summed E-state index contributed by atoms with van der Waals surface area (Å²) in [5.74, 6) is -0.596. The van der Waals surface area contributed by atoms with Crippen LogP contribution in [0.5, 0.6) is 5.75 Å². The van der Waals surface area contributed by atoms with Gasteiger partial charge < -0.3 is 15.8 Å². The summed E-state index contributed by atoms with van der Waals surface area (Å²) >= 11 is 0. The fraction of sp³-hybridized carbons (Fsp3) is 0.462. The van der Waals surface area contributed by atoms with Gasteiger partial charge >= 0.3 is 0 Å². The molecule has 5 heteroatoms. The highest BCUT2D eigenvalue weighted by molar-refractivity contribution is 5.95. The molecule has 1 aliphatic carbocycles. The summed E-state index contributed by atoms with van der Waals surface area (Å²) in [5, 5.41) is 3.10. The zero-order valence-corrected chi connectivity index (χ0v) is 10.3. The van der Waals surface area contributed by atoms with Crippen molar-refractivity contribution in [1.82, 2.24) is 5.32 Å². The van der Waals surface area contributed by atoms with Crippen molar-refractivity contribution in [2.24, 2.45) is 11.7 Å². The molecule has 0 unspecified atom stereocenters. The Morgan fingerprint density at radius 2 is 2.28 bits per heavy atom. The molecule has 0 spiro atoms. The summed E-state index contributed by atoms with van der Waals surface area (Å²) in [5.41, 5.74) is 5.00. The number of halogens is 1. The standard InChI is InChI=1S/C13H17FN2O2/c1-16-7-8-5-9(6-8)18-11-4-2-3-10(14)12(11)13(15)17/h2-4,8-9,16H,5-7H2,1H3,(H2,15,17). The van der Waals surface area contributed by atoms with Gasteiger partial charge in [0.25, 0.3) is 5.91 Å². The van der Waals surface area contributed by atoms with Crippen molar-refractivity contribution < 1.29 is 13.9 Å². The Labute approximate surface area is 105 Å². The molecule has 3 N–H and O–H groups in total. The van der Waals surface area contributed by atoms with Gasteiger partial charge in [-0.2, -0.15) is 0 Å². The highest BCUT2D eigenvalue weighted by atomic mass is 19.1. The first-order valence-corrected chi connectivity index (χ1v) is 6.01. The van der Waals surface area contributed by atoms with E-state index >= 15 is 0 Å². The summed E-state index contributed by atoms with van der Waals surface area (Å²) < 4.78 is 19.1. The number of nitrogens with two attached hydrogens (primary N) is 1. The van der Waals surface area contributed by atoms with E-state index in [0.29, 0.717) is 5.92 Å². The van der Waals surface area contributed by atoms with Gasteiger partial charge in [-0.3, -0.25) is 4.79 Å². The van der Waals surface area contributed by atoms with Crippen molar-refractivity contribution in [3.8, 4) is 5.75 Å². The number of primary amides is 1. The molecule has 1 fully saturated rings. The van der Waals surface area contributed by atoms with E-state index in [-0.39, 0.29) is 17.4 Å². The molecule has 0 heterocycles. The minimum Gasteiger partial charge on any atom is -0.489 e. The number of hydrogen-bond donors (Lipinski definition) is 2. The molecule has 1 amide bonds. The van der Waals surface area contributed by atoms with Gasteiger partial charge in [-0.25, -0.2) is 4.39 Å². The molecule has 0 saturated heterocycles. The van der Waals surface area contributed by atoms with Crippen LogP contribution in [0.1, 0.15) is 23.2 Å². The maximum atomic E-state index is 13.5. The average Bonchev–Trinajstić information content (AvgIpc) is 2.25. The van der Waals surface area contributed by atoms with E-state index in [1.54, 1.807) is 6.07 Å². The van der Waals surface area contributed by atoms with Crippen LogP contribution >= 0.6 is 0 Å². The first kappa shape index (κ1) is 12.8. The zero-order valence-electron chi connectivity index (χ0n) is 10.3. The van der Waals surface area contributed by atoms with Gasteiger partial charge in [0.2, 0.25) is 0 Å². The smallest absolute Gasteiger partial charge is 0.255 e. The fourth-order valence-corrected chi connectivity index (χ4v) is 2.25. The SMILES string of the molecule is CNCC1CC(Oc2cccc(F)c2C(N)=O)C1. The molecule has 2 rings (SSSR count). The Balaban J connectivity index is 2.02. The molecular weight excluding hydrogens is 235 g/mol. The monoisotopic (exact) mass is 252 g/mol. The molecule has 1 aromatic rings. The molecule has 0 aromatic heterocycles. The maximum Gasteiger partial charge on any atom is 0.255 e. The van der Waals surface area contributed by atoms with E-state index in [1.807, 2.05) is 7.05 Å². The van der Waals surface area contributed by atoms with Crippen LogP contribution in [-0.4, -0.2) is 25.6 Å². The van der Waals surface area contributed by atoms with Crippen molar-refractivity contribution in [3.63, 3.8) is 0 Å². The van der Waals surface area contributed by atoms with Gasteiger partial charge in [0.1, 0.15) is 17.1 Å². The van der Waals surface area contributed by atoms with Gasteiger partial charge in [-0.15, -0.1) is 0 Å². The van der Waals surface area contributed by atoms with E-state index in [9.17, 15) is 9.18 Å². The van der Waals surface area contributed by atoms with E-state index in [2.05, 4.69) is 5.32 Å². The molecule has 98 valence electrons. The van der Waals surface area contributed by atoms with Crippen LogP contribution in [-0.2, 0) is 0 Å². The predicted octanol–water partition coefficient (Wildman–Crippen LogP) is 1.30. The van der Waals surface area contributed by atoms with Gasteiger partial charge in [-0.1, -0.05) is 6.07 Å². The van der Waals surface area contributed by atoms with Gasteiger partial charge in [0.05, 0.1) is 6.10 Å². The van der Waals surface area contributed by atoms with Crippen LogP contribution in [0.2, 0.25) is 0 Å². The van der Waals surface area contributed by atoms with Crippen molar-refractivity contribution in [1.29, 1.82) is 0 Å². The maximum absolute atomic E-state index is 13.5. The largest absolute Gasteiger partial charge is 0.489 e. The van der Waals surface area contributed by atoms with Gasteiger partial charge in [-0.05, 0) is 44.5 Å². The second-order valence-corrected chi connectivity index (χ2v) is 4.61. The highest BCUT2D eigenvalue weighted by Crippen LogP contribution is 2.32. The van der Waals surface area contributed by atoms with Crippen LogP contribution in [0.3, 0.4) is 0 Å². The van der Waals surface area contributed by atoms with Crippen LogP contribution in [0.25, 0.3) is 0 Å². The number of ether oxygens (including phenoxy) is 1. The lowest BCUT2D eigenvalue weighted by molar-refractivity contribution is 0.0639. The van der Waals surface area contributed by atoms with Crippen LogP contribution < -0.4 is 15.8 Å². The van der Waals surface area contributed by atoms with Crippen molar-refractivity contribution in [2.75, 3.05) is 13.6 Å². The Hall–Kier alpha value is -1.62. The van der Waals surface area contributed by atoms with E-state index in [1.165, 1.54) is 12.1 Å². The number of nitrogens with one attached hydrogen (secondary N) is 1. The second-order valence-electron chi connectivity index (χ2n) is 4.61. The Kier molecular flexibility index (Phi) is 3.81. The second kappa shape index (κ2) is 5.35. The summed E-state index contributed by atoms with van der Waals surface area (Å²) in [4.78, 5) is 11.2. The molecule has 0 atom stereocenters. The molecule has 1 aliphatic rings. The lowest BCUT2D eigenvalue weighted by Crippen LogP contribution is -2.39. The minimum atomic E-state index is -0.797. The molecule has 1 aromatic carbocycles. The zero-order chi connectivity index (χ0) is 13.1. The third kappa shape index (κ3) is 2.61. The van der Waals surface area contributed by atoms with Crippen LogP contribution in [0.15, 0.2) is 18.2 Å². The minimum absolute atomic E-state index is 0.0447. The lowest BCUT2D eigenvalue weighted by atomic mass is 9.82. The molecule has 1 saturated carbocycles. The molecule has 0 bridgehead atoms. The third-order valence-electron chi connectivity index (χ3n) is 3.20. The van der Waals surface area contributed by atoms with Crippen LogP contribution in [0, 0.1) is 11.7 Å². The summed E-state index contributed by atoms with van der Waals surface area (Å²) in [6.45, 7) is 0.950. The molecule has 4 nitrogen and oxygen atoms in total. The molecule has 0 aliphatic heterocycles. The van der Waals surface area contributed by atoms with Crippen LogP contribution in [0.4, 0.5) is 4.39 Å². The van der Waals surface area contributed by atoms with Crippen molar-refractivity contribution in [2.45, 2.75) is 18.9 Å². The normalized spacial score (nSPS) is 22.3. The summed E-state index contributed by atoms with van der Waals surface area (Å²) in [7, 11) is 1.91. The number of rotatable bonds is 5.